The van der Waals surface area contributed by atoms with Gasteiger partial charge in [0.15, 0.2) is 0 Å². The molecular formula is C13H20N2O2S. The maximum atomic E-state index is 12.0. The second-order valence-electron chi connectivity index (χ2n) is 4.40. The first kappa shape index (κ1) is 14.9. The molecule has 0 fully saturated rings. The van der Waals surface area contributed by atoms with E-state index in [2.05, 4.69) is 0 Å². The van der Waals surface area contributed by atoms with Crippen molar-refractivity contribution in [2.24, 2.45) is 0 Å². The van der Waals surface area contributed by atoms with Crippen LogP contribution in [0, 0.1) is 0 Å². The lowest BCUT2D eigenvalue weighted by Crippen LogP contribution is -2.22. The third-order valence-corrected chi connectivity index (χ3v) is 3.74. The summed E-state index contributed by atoms with van der Waals surface area (Å²) < 4.78 is 0. The zero-order valence-corrected chi connectivity index (χ0v) is 11.8. The standard InChI is InChI=1S/C13H20N2O2S/c1-9(6-7-16)18-12-8-10(14)4-5-11(12)13(17)15(2)3/h4-5,8-9,16H,6-7,14H2,1-3H3. The van der Waals surface area contributed by atoms with E-state index in [1.54, 1.807) is 42.9 Å². The van der Waals surface area contributed by atoms with Gasteiger partial charge in [0, 0.05) is 36.5 Å². The summed E-state index contributed by atoms with van der Waals surface area (Å²) in [7, 11) is 3.45. The number of aliphatic hydroxyl groups is 1. The van der Waals surface area contributed by atoms with Gasteiger partial charge in [-0.3, -0.25) is 4.79 Å². The normalized spacial score (nSPS) is 12.2. The highest BCUT2D eigenvalue weighted by Gasteiger charge is 2.16. The van der Waals surface area contributed by atoms with Gasteiger partial charge in [-0.15, -0.1) is 11.8 Å². The number of aliphatic hydroxyl groups excluding tert-OH is 1. The SMILES string of the molecule is CC(CCO)Sc1cc(N)ccc1C(=O)N(C)C. The van der Waals surface area contributed by atoms with E-state index < -0.39 is 0 Å². The molecular weight excluding hydrogens is 248 g/mol. The highest BCUT2D eigenvalue weighted by molar-refractivity contribution is 8.00. The molecule has 100 valence electrons. The van der Waals surface area contributed by atoms with Gasteiger partial charge in [0.25, 0.3) is 5.91 Å². The number of amides is 1. The van der Waals surface area contributed by atoms with Crippen LogP contribution in [0.15, 0.2) is 23.1 Å². The second kappa shape index (κ2) is 6.66. The lowest BCUT2D eigenvalue weighted by atomic mass is 10.2. The molecule has 1 aromatic rings. The molecule has 0 saturated carbocycles. The number of carbonyl (C=O) groups excluding carboxylic acids is 1. The van der Waals surface area contributed by atoms with Gasteiger partial charge in [-0.05, 0) is 24.6 Å². The maximum Gasteiger partial charge on any atom is 0.254 e. The van der Waals surface area contributed by atoms with Gasteiger partial charge in [-0.25, -0.2) is 0 Å². The van der Waals surface area contributed by atoms with Crippen molar-refractivity contribution in [2.75, 3.05) is 26.4 Å². The molecule has 0 bridgehead atoms. The zero-order valence-electron chi connectivity index (χ0n) is 11.0. The van der Waals surface area contributed by atoms with E-state index in [1.165, 1.54) is 0 Å². The molecule has 0 saturated heterocycles. The van der Waals surface area contributed by atoms with E-state index >= 15 is 0 Å². The first-order valence-corrected chi connectivity index (χ1v) is 6.72. The lowest BCUT2D eigenvalue weighted by Gasteiger charge is -2.16. The molecule has 0 aliphatic heterocycles. The van der Waals surface area contributed by atoms with Crippen molar-refractivity contribution in [3.63, 3.8) is 0 Å². The fourth-order valence-electron chi connectivity index (χ4n) is 1.51. The number of benzene rings is 1. The van der Waals surface area contributed by atoms with Crippen molar-refractivity contribution >= 4 is 23.4 Å². The Labute approximate surface area is 112 Å². The predicted molar refractivity (Wildman–Crippen MR) is 75.9 cm³/mol. The molecule has 0 aliphatic rings. The minimum absolute atomic E-state index is 0.0336. The summed E-state index contributed by atoms with van der Waals surface area (Å²) >= 11 is 1.57. The first-order valence-electron chi connectivity index (χ1n) is 5.84. The zero-order chi connectivity index (χ0) is 13.7. The number of nitrogens with two attached hydrogens (primary N) is 1. The number of rotatable bonds is 5. The molecule has 1 rings (SSSR count). The Kier molecular flexibility index (Phi) is 5.50. The van der Waals surface area contributed by atoms with Crippen LogP contribution in [-0.4, -0.2) is 41.9 Å². The number of nitrogen functional groups attached to an aromatic ring is 1. The molecule has 0 heterocycles. The second-order valence-corrected chi connectivity index (χ2v) is 5.88. The summed E-state index contributed by atoms with van der Waals surface area (Å²) in [6, 6.07) is 5.30. The molecule has 0 radical (unpaired) electrons. The molecule has 1 atom stereocenters. The first-order chi connectivity index (χ1) is 8.45. The molecule has 0 spiro atoms. The third-order valence-electron chi connectivity index (χ3n) is 2.51. The minimum Gasteiger partial charge on any atom is -0.399 e. The number of carbonyl (C=O) groups is 1. The van der Waals surface area contributed by atoms with Crippen LogP contribution >= 0.6 is 11.8 Å². The Morgan fingerprint density at radius 2 is 2.17 bits per heavy atom. The summed E-state index contributed by atoms with van der Waals surface area (Å²) in [4.78, 5) is 14.5. The number of hydrogen-bond donors (Lipinski definition) is 2. The average molecular weight is 268 g/mol. The van der Waals surface area contributed by atoms with E-state index in [-0.39, 0.29) is 17.8 Å². The Morgan fingerprint density at radius 1 is 1.50 bits per heavy atom. The van der Waals surface area contributed by atoms with E-state index in [1.807, 2.05) is 13.0 Å². The van der Waals surface area contributed by atoms with Crippen molar-refractivity contribution in [1.82, 2.24) is 4.90 Å². The summed E-state index contributed by atoms with van der Waals surface area (Å²) in [6.45, 7) is 2.17. The van der Waals surface area contributed by atoms with Crippen LogP contribution in [-0.2, 0) is 0 Å². The highest BCUT2D eigenvalue weighted by atomic mass is 32.2. The smallest absolute Gasteiger partial charge is 0.254 e. The van der Waals surface area contributed by atoms with Gasteiger partial charge in [0.2, 0.25) is 0 Å². The fraction of sp³-hybridized carbons (Fsp3) is 0.462. The fourth-order valence-corrected chi connectivity index (χ4v) is 2.65. The Balaban J connectivity index is 3.00. The van der Waals surface area contributed by atoms with Gasteiger partial charge >= 0.3 is 0 Å². The quantitative estimate of drug-likeness (QED) is 0.631. The van der Waals surface area contributed by atoms with Crippen molar-refractivity contribution in [3.8, 4) is 0 Å². The highest BCUT2D eigenvalue weighted by Crippen LogP contribution is 2.30. The molecule has 4 nitrogen and oxygen atoms in total. The molecule has 18 heavy (non-hydrogen) atoms. The van der Waals surface area contributed by atoms with E-state index in [9.17, 15) is 4.79 Å². The van der Waals surface area contributed by atoms with Crippen LogP contribution in [0.1, 0.15) is 23.7 Å². The lowest BCUT2D eigenvalue weighted by molar-refractivity contribution is 0.0824. The Morgan fingerprint density at radius 3 is 2.72 bits per heavy atom. The summed E-state index contributed by atoms with van der Waals surface area (Å²) in [5.74, 6) is -0.0336. The maximum absolute atomic E-state index is 12.0. The average Bonchev–Trinajstić information content (AvgIpc) is 2.28. The Hall–Kier alpha value is -1.20. The number of thioether (sulfide) groups is 1. The van der Waals surface area contributed by atoms with Crippen molar-refractivity contribution in [2.45, 2.75) is 23.5 Å². The summed E-state index contributed by atoms with van der Waals surface area (Å²) in [5, 5.41) is 9.16. The molecule has 0 aliphatic carbocycles. The number of hydrogen-bond acceptors (Lipinski definition) is 4. The van der Waals surface area contributed by atoms with Crippen LogP contribution in [0.3, 0.4) is 0 Å². The Bertz CT molecular complexity index is 421. The minimum atomic E-state index is -0.0336. The van der Waals surface area contributed by atoms with Crippen LogP contribution < -0.4 is 5.73 Å². The molecule has 5 heteroatoms. The van der Waals surface area contributed by atoms with E-state index in [0.717, 1.165) is 4.90 Å². The van der Waals surface area contributed by atoms with Gasteiger partial charge in [-0.2, -0.15) is 0 Å². The number of nitrogens with zero attached hydrogens (tertiary/aromatic N) is 1. The van der Waals surface area contributed by atoms with Crippen molar-refractivity contribution < 1.29 is 9.90 Å². The summed E-state index contributed by atoms with van der Waals surface area (Å²) in [5.41, 5.74) is 7.06. The predicted octanol–water partition coefficient (Wildman–Crippen LogP) is 1.83. The monoisotopic (exact) mass is 268 g/mol. The van der Waals surface area contributed by atoms with Crippen LogP contribution in [0.25, 0.3) is 0 Å². The van der Waals surface area contributed by atoms with Crippen molar-refractivity contribution in [3.05, 3.63) is 23.8 Å². The van der Waals surface area contributed by atoms with Gasteiger partial charge in [0.1, 0.15) is 0 Å². The summed E-state index contributed by atoms with van der Waals surface area (Å²) in [6.07, 6.45) is 0.690. The van der Waals surface area contributed by atoms with Gasteiger partial charge in [0.05, 0.1) is 5.56 Å². The van der Waals surface area contributed by atoms with Crippen molar-refractivity contribution in [1.29, 1.82) is 0 Å². The number of anilines is 1. The van der Waals surface area contributed by atoms with E-state index in [4.69, 9.17) is 10.8 Å². The topological polar surface area (TPSA) is 66.6 Å². The van der Waals surface area contributed by atoms with Crippen LogP contribution in [0.4, 0.5) is 5.69 Å². The largest absolute Gasteiger partial charge is 0.399 e. The third kappa shape index (κ3) is 3.92. The molecule has 1 aromatic carbocycles. The van der Waals surface area contributed by atoms with Crippen LogP contribution in [0.2, 0.25) is 0 Å². The van der Waals surface area contributed by atoms with Crippen LogP contribution in [0.5, 0.6) is 0 Å². The molecule has 3 N–H and O–H groups in total. The van der Waals surface area contributed by atoms with Gasteiger partial charge < -0.3 is 15.7 Å². The molecule has 1 amide bonds. The van der Waals surface area contributed by atoms with Gasteiger partial charge in [-0.1, -0.05) is 6.92 Å². The van der Waals surface area contributed by atoms with E-state index in [0.29, 0.717) is 17.7 Å². The molecule has 0 aromatic heterocycles. The molecule has 1 unspecified atom stereocenters.